The molecule has 0 aliphatic rings. The molecule has 0 fully saturated rings. The highest BCUT2D eigenvalue weighted by molar-refractivity contribution is 7.80. The average Bonchev–Trinajstić information content (AvgIpc) is 2.17. The minimum atomic E-state index is -0.761. The number of rotatable bonds is 7. The Morgan fingerprint density at radius 2 is 1.94 bits per heavy atom. The van der Waals surface area contributed by atoms with E-state index < -0.39 is 5.97 Å². The molecule has 92 valence electrons. The zero-order chi connectivity index (χ0) is 12.6. The van der Waals surface area contributed by atoms with Gasteiger partial charge >= 0.3 is 5.97 Å². The molecule has 0 aromatic heterocycles. The molecule has 0 aliphatic heterocycles. The molecule has 1 atom stereocenters. The van der Waals surface area contributed by atoms with Crippen LogP contribution in [0.1, 0.15) is 40.0 Å². The lowest BCUT2D eigenvalue weighted by Gasteiger charge is -2.06. The summed E-state index contributed by atoms with van der Waals surface area (Å²) in [6.45, 7) is 6.22. The van der Waals surface area contributed by atoms with E-state index in [2.05, 4.69) is 39.5 Å². The van der Waals surface area contributed by atoms with Crippen molar-refractivity contribution in [2.24, 2.45) is 5.92 Å². The van der Waals surface area contributed by atoms with Crippen LogP contribution in [0.2, 0.25) is 0 Å². The fourth-order valence-electron chi connectivity index (χ4n) is 1.29. The van der Waals surface area contributed by atoms with E-state index in [4.69, 9.17) is 5.11 Å². The third kappa shape index (κ3) is 7.57. The molecular formula is C13H22O2S. The molecule has 0 heterocycles. The predicted octanol–water partition coefficient (Wildman–Crippen LogP) is 3.70. The summed E-state index contributed by atoms with van der Waals surface area (Å²) < 4.78 is 0. The first kappa shape index (κ1) is 15.3. The first-order valence-corrected chi connectivity index (χ1v) is 6.23. The lowest BCUT2D eigenvalue weighted by Crippen LogP contribution is -2.14. The molecular weight excluding hydrogens is 220 g/mol. The molecule has 0 amide bonds. The van der Waals surface area contributed by atoms with E-state index in [9.17, 15) is 4.79 Å². The van der Waals surface area contributed by atoms with E-state index in [-0.39, 0.29) is 5.92 Å². The Morgan fingerprint density at radius 3 is 2.38 bits per heavy atom. The van der Waals surface area contributed by atoms with Crippen molar-refractivity contribution in [1.82, 2.24) is 0 Å². The van der Waals surface area contributed by atoms with Crippen LogP contribution < -0.4 is 0 Å². The third-order valence-electron chi connectivity index (χ3n) is 2.41. The van der Waals surface area contributed by atoms with Crippen LogP contribution in [0, 0.1) is 5.92 Å². The summed E-state index contributed by atoms with van der Waals surface area (Å²) in [6.07, 6.45) is 6.84. The summed E-state index contributed by atoms with van der Waals surface area (Å²) in [6, 6.07) is 0. The Labute approximate surface area is 104 Å². The molecule has 3 heteroatoms. The van der Waals surface area contributed by atoms with Gasteiger partial charge in [-0.3, -0.25) is 4.79 Å². The maximum atomic E-state index is 10.8. The molecule has 1 unspecified atom stereocenters. The van der Waals surface area contributed by atoms with Crippen LogP contribution in [-0.2, 0) is 4.79 Å². The molecule has 0 saturated heterocycles. The van der Waals surface area contributed by atoms with E-state index in [0.29, 0.717) is 12.2 Å². The average molecular weight is 242 g/mol. The van der Waals surface area contributed by atoms with Crippen LogP contribution in [0.3, 0.4) is 0 Å². The van der Waals surface area contributed by atoms with Crippen molar-refractivity contribution in [1.29, 1.82) is 0 Å². The topological polar surface area (TPSA) is 37.3 Å². The summed E-state index contributed by atoms with van der Waals surface area (Å²) >= 11 is 4.04. The molecule has 0 bridgehead atoms. The van der Waals surface area contributed by atoms with E-state index in [1.807, 2.05) is 6.08 Å². The number of carboxylic acid groups (broad SMARTS) is 1. The largest absolute Gasteiger partial charge is 0.481 e. The number of thiol groups is 1. The van der Waals surface area contributed by atoms with Crippen molar-refractivity contribution in [2.75, 3.05) is 5.75 Å². The second-order valence-electron chi connectivity index (χ2n) is 4.32. The molecule has 16 heavy (non-hydrogen) atoms. The number of hydrogen-bond donors (Lipinski definition) is 2. The number of carbonyl (C=O) groups is 1. The van der Waals surface area contributed by atoms with Crippen molar-refractivity contribution >= 4 is 18.6 Å². The number of aliphatic carboxylic acids is 1. The minimum Gasteiger partial charge on any atom is -0.481 e. The van der Waals surface area contributed by atoms with Crippen molar-refractivity contribution < 1.29 is 9.90 Å². The monoisotopic (exact) mass is 242 g/mol. The fourth-order valence-corrected chi connectivity index (χ4v) is 1.59. The van der Waals surface area contributed by atoms with Crippen LogP contribution in [0.4, 0.5) is 0 Å². The highest BCUT2D eigenvalue weighted by atomic mass is 32.1. The second-order valence-corrected chi connectivity index (χ2v) is 4.69. The Bertz CT molecular complexity index is 276. The molecule has 1 N–H and O–H groups in total. The van der Waals surface area contributed by atoms with Crippen molar-refractivity contribution in [3.05, 3.63) is 23.3 Å². The SMILES string of the molecule is CC(C)=CCC/C(C)=C/CC(CS)C(=O)O. The normalized spacial score (nSPS) is 13.4. The van der Waals surface area contributed by atoms with Crippen LogP contribution >= 0.6 is 12.6 Å². The molecule has 0 rings (SSSR count). The van der Waals surface area contributed by atoms with Crippen molar-refractivity contribution in [2.45, 2.75) is 40.0 Å². The van der Waals surface area contributed by atoms with Gasteiger partial charge in [-0.05, 0) is 40.0 Å². The number of allylic oxidation sites excluding steroid dienone is 4. The highest BCUT2D eigenvalue weighted by Gasteiger charge is 2.13. The molecule has 0 radical (unpaired) electrons. The Kier molecular flexibility index (Phi) is 8.08. The van der Waals surface area contributed by atoms with Gasteiger partial charge in [0.15, 0.2) is 0 Å². The maximum Gasteiger partial charge on any atom is 0.307 e. The third-order valence-corrected chi connectivity index (χ3v) is 2.85. The van der Waals surface area contributed by atoms with Gasteiger partial charge in [0, 0.05) is 5.75 Å². The summed E-state index contributed by atoms with van der Waals surface area (Å²) in [7, 11) is 0. The Balaban J connectivity index is 4.03. The Morgan fingerprint density at radius 1 is 1.31 bits per heavy atom. The molecule has 2 nitrogen and oxygen atoms in total. The molecule has 0 aromatic rings. The zero-order valence-corrected chi connectivity index (χ0v) is 11.3. The van der Waals surface area contributed by atoms with Crippen molar-refractivity contribution in [3.63, 3.8) is 0 Å². The fraction of sp³-hybridized carbons (Fsp3) is 0.615. The van der Waals surface area contributed by atoms with Crippen LogP contribution in [0.25, 0.3) is 0 Å². The maximum absolute atomic E-state index is 10.8. The number of carboxylic acids is 1. The van der Waals surface area contributed by atoms with E-state index in [0.717, 1.165) is 12.8 Å². The van der Waals surface area contributed by atoms with Gasteiger partial charge in [0.05, 0.1) is 5.92 Å². The first-order chi connectivity index (χ1) is 7.47. The standard InChI is InChI=1S/C13H22O2S/c1-10(2)5-4-6-11(3)7-8-12(9-16)13(14)15/h5,7,12,16H,4,6,8-9H2,1-3H3,(H,14,15)/b11-7+. The lowest BCUT2D eigenvalue weighted by molar-refractivity contribution is -0.140. The second kappa shape index (κ2) is 8.45. The molecule has 0 saturated carbocycles. The van der Waals surface area contributed by atoms with E-state index >= 15 is 0 Å². The quantitative estimate of drug-likeness (QED) is 0.527. The first-order valence-electron chi connectivity index (χ1n) is 5.60. The van der Waals surface area contributed by atoms with Gasteiger partial charge in [-0.2, -0.15) is 12.6 Å². The summed E-state index contributed by atoms with van der Waals surface area (Å²) in [5.41, 5.74) is 2.58. The zero-order valence-electron chi connectivity index (χ0n) is 10.4. The smallest absolute Gasteiger partial charge is 0.307 e. The molecule has 0 spiro atoms. The van der Waals surface area contributed by atoms with Gasteiger partial charge in [0.2, 0.25) is 0 Å². The highest BCUT2D eigenvalue weighted by Crippen LogP contribution is 2.12. The lowest BCUT2D eigenvalue weighted by atomic mass is 10.0. The van der Waals surface area contributed by atoms with Gasteiger partial charge in [0.25, 0.3) is 0 Å². The van der Waals surface area contributed by atoms with E-state index in [1.165, 1.54) is 11.1 Å². The Hall–Kier alpha value is -0.700. The van der Waals surface area contributed by atoms with Gasteiger partial charge in [0.1, 0.15) is 0 Å². The van der Waals surface area contributed by atoms with E-state index in [1.54, 1.807) is 0 Å². The molecule has 0 aliphatic carbocycles. The van der Waals surface area contributed by atoms with Gasteiger partial charge < -0.3 is 5.11 Å². The van der Waals surface area contributed by atoms with Crippen LogP contribution in [-0.4, -0.2) is 16.8 Å². The minimum absolute atomic E-state index is 0.360. The summed E-state index contributed by atoms with van der Waals surface area (Å²) in [4.78, 5) is 10.8. The number of hydrogen-bond acceptors (Lipinski definition) is 2. The van der Waals surface area contributed by atoms with Gasteiger partial charge in [-0.25, -0.2) is 0 Å². The van der Waals surface area contributed by atoms with Crippen LogP contribution in [0.15, 0.2) is 23.3 Å². The van der Waals surface area contributed by atoms with Gasteiger partial charge in [-0.1, -0.05) is 23.3 Å². The van der Waals surface area contributed by atoms with Gasteiger partial charge in [-0.15, -0.1) is 0 Å². The summed E-state index contributed by atoms with van der Waals surface area (Å²) in [5, 5.41) is 8.85. The molecule has 0 aromatic carbocycles. The summed E-state index contributed by atoms with van der Waals surface area (Å²) in [5.74, 6) is -0.724. The predicted molar refractivity (Wildman–Crippen MR) is 72.0 cm³/mol. The van der Waals surface area contributed by atoms with Crippen LogP contribution in [0.5, 0.6) is 0 Å². The van der Waals surface area contributed by atoms with Crippen molar-refractivity contribution in [3.8, 4) is 0 Å².